The molecule has 2 N–H and O–H groups in total. The van der Waals surface area contributed by atoms with E-state index in [1.165, 1.54) is 25.2 Å². The zero-order valence-electron chi connectivity index (χ0n) is 18.7. The van der Waals surface area contributed by atoms with E-state index in [2.05, 4.69) is 10.6 Å². The fourth-order valence-corrected chi connectivity index (χ4v) is 4.21. The number of carbonyl (C=O) groups excluding carboxylic acids is 2. The van der Waals surface area contributed by atoms with Crippen molar-refractivity contribution < 1.29 is 33.7 Å². The maximum atomic E-state index is 13.7. The summed E-state index contributed by atoms with van der Waals surface area (Å²) in [6, 6.07) is 14.9. The Morgan fingerprint density at radius 3 is 2.29 bits per heavy atom. The van der Waals surface area contributed by atoms with Crippen LogP contribution in [0.4, 0.5) is 18.9 Å². The predicted octanol–water partition coefficient (Wildman–Crippen LogP) is 5.38. The van der Waals surface area contributed by atoms with Gasteiger partial charge in [0.2, 0.25) is 12.7 Å². The summed E-state index contributed by atoms with van der Waals surface area (Å²) in [4.78, 5) is 25.0. The van der Waals surface area contributed by atoms with Crippen molar-refractivity contribution in [2.24, 2.45) is 0 Å². The second-order valence-electron chi connectivity index (χ2n) is 8.56. The summed E-state index contributed by atoms with van der Waals surface area (Å²) < 4.78 is 51.7. The number of fused-ring (bicyclic) bond motifs is 1. The van der Waals surface area contributed by atoms with Crippen molar-refractivity contribution in [1.29, 1.82) is 0 Å². The Balaban J connectivity index is 0.00000304. The molecule has 5 rings (SSSR count). The lowest BCUT2D eigenvalue weighted by molar-refractivity contribution is -0.137. The van der Waals surface area contributed by atoms with Gasteiger partial charge in [-0.05, 0) is 72.0 Å². The minimum Gasteiger partial charge on any atom is -0.454 e. The number of anilines is 1. The number of hydrogen-bond donors (Lipinski definition) is 2. The van der Waals surface area contributed by atoms with Crippen LogP contribution in [0.3, 0.4) is 0 Å². The van der Waals surface area contributed by atoms with Gasteiger partial charge in [0.1, 0.15) is 0 Å². The quantitative estimate of drug-likeness (QED) is 0.510. The van der Waals surface area contributed by atoms with Crippen LogP contribution in [0.15, 0.2) is 60.7 Å². The molecule has 0 unspecified atom stereocenters. The number of hydrogen-bond acceptors (Lipinski definition) is 4. The van der Waals surface area contributed by atoms with Crippen molar-refractivity contribution in [2.45, 2.75) is 24.4 Å². The number of benzene rings is 3. The smallest absolute Gasteiger partial charge is 0.416 e. The maximum absolute atomic E-state index is 13.7. The van der Waals surface area contributed by atoms with Gasteiger partial charge >= 0.3 is 6.18 Å². The van der Waals surface area contributed by atoms with Crippen LogP contribution in [0.25, 0.3) is 11.1 Å². The first-order chi connectivity index (χ1) is 16.7. The van der Waals surface area contributed by atoms with Gasteiger partial charge in [-0.25, -0.2) is 0 Å². The van der Waals surface area contributed by atoms with E-state index in [1.54, 1.807) is 30.3 Å². The normalized spacial score (nSPS) is 15.4. The molecule has 0 bridgehead atoms. The van der Waals surface area contributed by atoms with E-state index in [0.717, 1.165) is 17.7 Å². The van der Waals surface area contributed by atoms with E-state index in [0.29, 0.717) is 35.5 Å². The standard InChI is InChI=1S/C26H21F3N2O4.H2/c1-30-23(32)16-4-2-15(3-5-16)17-10-19(26(27,28)29)12-20(11-17)31-24(33)25(8-9-25)18-6-7-21-22(13-18)35-14-34-21;/h2-7,10-13H,8-9,14H2,1H3,(H,30,32)(H,31,33);1H. The summed E-state index contributed by atoms with van der Waals surface area (Å²) in [7, 11) is 1.49. The zero-order chi connectivity index (χ0) is 24.8. The summed E-state index contributed by atoms with van der Waals surface area (Å²) in [6.45, 7) is 0.106. The number of carbonyl (C=O) groups is 2. The van der Waals surface area contributed by atoms with E-state index in [9.17, 15) is 22.8 Å². The van der Waals surface area contributed by atoms with E-state index >= 15 is 0 Å². The number of ether oxygens (including phenoxy) is 2. The Morgan fingerprint density at radius 1 is 0.914 bits per heavy atom. The summed E-state index contributed by atoms with van der Waals surface area (Å²) in [5.74, 6) is 0.460. The predicted molar refractivity (Wildman–Crippen MR) is 124 cm³/mol. The number of halogens is 3. The van der Waals surface area contributed by atoms with Gasteiger partial charge in [0.15, 0.2) is 11.5 Å². The number of rotatable bonds is 5. The van der Waals surface area contributed by atoms with Crippen molar-refractivity contribution in [3.8, 4) is 22.6 Å². The van der Waals surface area contributed by atoms with Crippen LogP contribution in [0, 0.1) is 0 Å². The summed E-state index contributed by atoms with van der Waals surface area (Å²) in [6.07, 6.45) is -3.46. The van der Waals surface area contributed by atoms with Crippen molar-refractivity contribution in [1.82, 2.24) is 5.32 Å². The molecule has 2 amide bonds. The monoisotopic (exact) mass is 484 g/mol. The minimum atomic E-state index is -4.61. The zero-order valence-corrected chi connectivity index (χ0v) is 18.7. The molecule has 1 fully saturated rings. The number of nitrogens with one attached hydrogen (secondary N) is 2. The van der Waals surface area contributed by atoms with Crippen molar-refractivity contribution in [3.05, 3.63) is 77.4 Å². The van der Waals surface area contributed by atoms with E-state index in [4.69, 9.17) is 9.47 Å². The van der Waals surface area contributed by atoms with Gasteiger partial charge in [0, 0.05) is 19.7 Å². The van der Waals surface area contributed by atoms with Gasteiger partial charge in [-0.2, -0.15) is 13.2 Å². The largest absolute Gasteiger partial charge is 0.454 e. The van der Waals surface area contributed by atoms with E-state index in [-0.39, 0.29) is 31.3 Å². The van der Waals surface area contributed by atoms with Gasteiger partial charge in [-0.15, -0.1) is 0 Å². The van der Waals surface area contributed by atoms with Crippen molar-refractivity contribution in [2.75, 3.05) is 19.2 Å². The average Bonchev–Trinajstić information content (AvgIpc) is 3.53. The first kappa shape index (κ1) is 22.8. The van der Waals surface area contributed by atoms with Crippen molar-refractivity contribution >= 4 is 17.5 Å². The SMILES string of the molecule is CNC(=O)c1ccc(-c2cc(NC(=O)C3(c4ccc5c(c4)OCO5)CC3)cc(C(F)(F)F)c2)cc1.[HH]. The second-order valence-corrected chi connectivity index (χ2v) is 8.56. The average molecular weight is 484 g/mol. The molecule has 0 radical (unpaired) electrons. The lowest BCUT2D eigenvalue weighted by Crippen LogP contribution is -2.28. The van der Waals surface area contributed by atoms with Gasteiger partial charge in [0.05, 0.1) is 11.0 Å². The molecule has 35 heavy (non-hydrogen) atoms. The molecule has 0 spiro atoms. The second kappa shape index (κ2) is 8.33. The Labute approximate surface area is 200 Å². The fourth-order valence-electron chi connectivity index (χ4n) is 4.21. The van der Waals surface area contributed by atoms with Crippen LogP contribution in [0.5, 0.6) is 11.5 Å². The van der Waals surface area contributed by atoms with Crippen molar-refractivity contribution in [3.63, 3.8) is 0 Å². The number of amides is 2. The molecule has 0 atom stereocenters. The molecule has 9 heteroatoms. The molecule has 0 saturated heterocycles. The first-order valence-electron chi connectivity index (χ1n) is 11.0. The lowest BCUT2D eigenvalue weighted by atomic mass is 9.94. The molecule has 3 aromatic carbocycles. The number of alkyl halides is 3. The Hall–Kier alpha value is -4.01. The first-order valence-corrected chi connectivity index (χ1v) is 11.0. The van der Waals surface area contributed by atoms with E-state index in [1.807, 2.05) is 0 Å². The third-order valence-corrected chi connectivity index (χ3v) is 6.34. The Bertz CT molecular complexity index is 1320. The van der Waals surface area contributed by atoms with Gasteiger partial charge in [-0.3, -0.25) is 9.59 Å². The van der Waals surface area contributed by atoms with Crippen LogP contribution < -0.4 is 20.1 Å². The molecular weight excluding hydrogens is 461 g/mol. The van der Waals surface area contributed by atoms with Gasteiger partial charge in [0.25, 0.3) is 5.91 Å². The topological polar surface area (TPSA) is 76.7 Å². The highest BCUT2D eigenvalue weighted by Crippen LogP contribution is 2.51. The molecule has 1 heterocycles. The third kappa shape index (κ3) is 4.29. The highest BCUT2D eigenvalue weighted by atomic mass is 19.4. The molecule has 1 aliphatic carbocycles. The Morgan fingerprint density at radius 2 is 1.63 bits per heavy atom. The summed E-state index contributed by atoms with van der Waals surface area (Å²) >= 11 is 0. The van der Waals surface area contributed by atoms with Crippen LogP contribution in [0.2, 0.25) is 0 Å². The summed E-state index contributed by atoms with van der Waals surface area (Å²) in [5, 5.41) is 5.19. The maximum Gasteiger partial charge on any atom is 0.416 e. The molecule has 182 valence electrons. The lowest BCUT2D eigenvalue weighted by Gasteiger charge is -2.18. The minimum absolute atomic E-state index is 0. The highest BCUT2D eigenvalue weighted by Gasteiger charge is 2.51. The molecule has 1 aliphatic heterocycles. The Kier molecular flexibility index (Phi) is 5.42. The molecular formula is C26H23F3N2O4. The summed E-state index contributed by atoms with van der Waals surface area (Å²) in [5.41, 5.74) is 0.204. The third-order valence-electron chi connectivity index (χ3n) is 6.34. The fraction of sp³-hybridized carbons (Fsp3) is 0.231. The van der Waals surface area contributed by atoms with Crippen LogP contribution in [-0.2, 0) is 16.4 Å². The molecule has 1 saturated carbocycles. The molecule has 6 nitrogen and oxygen atoms in total. The van der Waals surface area contributed by atoms with Crippen LogP contribution in [-0.4, -0.2) is 25.7 Å². The van der Waals surface area contributed by atoms with Gasteiger partial charge < -0.3 is 20.1 Å². The molecule has 2 aliphatic rings. The molecule has 3 aromatic rings. The van der Waals surface area contributed by atoms with Crippen LogP contribution in [0.1, 0.15) is 35.8 Å². The molecule has 0 aromatic heterocycles. The highest BCUT2D eigenvalue weighted by molar-refractivity contribution is 6.02. The van der Waals surface area contributed by atoms with E-state index < -0.39 is 17.2 Å². The van der Waals surface area contributed by atoms with Gasteiger partial charge in [-0.1, -0.05) is 18.2 Å². The van der Waals surface area contributed by atoms with Crippen LogP contribution >= 0.6 is 0 Å².